The maximum absolute atomic E-state index is 14.3. The normalized spacial score (nSPS) is 25.7. The molecule has 0 aliphatic carbocycles. The zero-order chi connectivity index (χ0) is 55.3. The Kier molecular flexibility index (Phi) is 26.9. The average Bonchev–Trinajstić information content (AvgIpc) is 3.32. The summed E-state index contributed by atoms with van der Waals surface area (Å²) in [5.74, 6) is -6.64. The van der Waals surface area contributed by atoms with Crippen molar-refractivity contribution in [3.05, 3.63) is 58.1 Å². The Morgan fingerprint density at radius 2 is 1.56 bits per heavy atom. The summed E-state index contributed by atoms with van der Waals surface area (Å²) < 4.78 is 33.2. The van der Waals surface area contributed by atoms with Crippen molar-refractivity contribution in [2.24, 2.45) is 17.8 Å². The molecule has 2 rings (SSSR count). The molecule has 3 unspecified atom stereocenters. The van der Waals surface area contributed by atoms with Gasteiger partial charge in [-0.05, 0) is 95.4 Å². The van der Waals surface area contributed by atoms with Crippen LogP contribution >= 0.6 is 19.4 Å². The highest BCUT2D eigenvalue weighted by Gasteiger charge is 2.38. The van der Waals surface area contributed by atoms with Crippen LogP contribution in [-0.2, 0) is 63.3 Å². The first-order valence-electron chi connectivity index (χ1n) is 24.6. The summed E-state index contributed by atoms with van der Waals surface area (Å²) >= 11 is 6.14. The minimum Gasteiger partial charge on any atom is -0.456 e. The van der Waals surface area contributed by atoms with E-state index in [1.807, 2.05) is 20.8 Å². The minimum absolute atomic E-state index is 0.0122. The number of carbonyl (C=O) groups excluding carboxylic acids is 8. The number of unbranched alkanes of at least 4 members (excludes halogenated alkanes) is 2. The van der Waals surface area contributed by atoms with Gasteiger partial charge in [-0.3, -0.25) is 28.5 Å². The second-order valence-electron chi connectivity index (χ2n) is 19.0. The van der Waals surface area contributed by atoms with Gasteiger partial charge in [-0.2, -0.15) is 0 Å². The summed E-state index contributed by atoms with van der Waals surface area (Å²) in [7, 11) is -1.85. The third-order valence-corrected chi connectivity index (χ3v) is 13.2. The second kappa shape index (κ2) is 30.8. The fourth-order valence-electron chi connectivity index (χ4n) is 7.66. The Morgan fingerprint density at radius 3 is 2.15 bits per heavy atom. The number of halogens is 1. The van der Waals surface area contributed by atoms with Crippen molar-refractivity contribution in [1.29, 1.82) is 0 Å². The number of allylic oxidation sites excluding steroid dienone is 1. The Hall–Kier alpha value is -5.34. The van der Waals surface area contributed by atoms with Gasteiger partial charge in [0.2, 0.25) is 23.6 Å². The molecule has 0 radical (unpaired) electrons. The van der Waals surface area contributed by atoms with Gasteiger partial charge in [-0.1, -0.05) is 76.9 Å². The maximum atomic E-state index is 14.3. The van der Waals surface area contributed by atoms with E-state index in [-0.39, 0.29) is 43.9 Å². The molecule has 1 aliphatic rings. The van der Waals surface area contributed by atoms with Gasteiger partial charge in [0.1, 0.15) is 36.4 Å². The fourth-order valence-corrected chi connectivity index (χ4v) is 8.15. The third kappa shape index (κ3) is 22.0. The number of alkyl carbamates (subject to hydrolysis) is 1. The van der Waals surface area contributed by atoms with E-state index in [0.29, 0.717) is 41.8 Å². The predicted molar refractivity (Wildman–Crippen MR) is 272 cm³/mol. The van der Waals surface area contributed by atoms with E-state index >= 15 is 0 Å². The van der Waals surface area contributed by atoms with Crippen molar-refractivity contribution in [3.63, 3.8) is 0 Å². The topological polar surface area (TPSA) is 286 Å². The van der Waals surface area contributed by atoms with E-state index < -0.39 is 116 Å². The lowest BCUT2D eigenvalue weighted by Gasteiger charge is -2.33. The van der Waals surface area contributed by atoms with E-state index in [1.165, 1.54) is 45.8 Å². The van der Waals surface area contributed by atoms with E-state index in [0.717, 1.165) is 4.90 Å². The van der Waals surface area contributed by atoms with Crippen LogP contribution in [0.2, 0.25) is 5.02 Å². The lowest BCUT2D eigenvalue weighted by atomic mass is 9.90. The first kappa shape index (κ1) is 63.8. The number of likely N-dealkylation sites (N-methyl/N-ethyl adjacent to an activating group) is 2. The molecule has 73 heavy (non-hydrogen) atoms. The van der Waals surface area contributed by atoms with Crippen molar-refractivity contribution < 1.29 is 71.4 Å². The lowest BCUT2D eigenvalue weighted by molar-refractivity contribution is -0.155. The van der Waals surface area contributed by atoms with E-state index in [9.17, 15) is 42.9 Å². The standard InChI is InChI=1S/C50H78ClN6O15P/c1-13-30(5)42-45(60)54-35(10)49(64)72-43(31(6)14-2)33(8)39(71-50(65)52-24-16-15-17-25-69-73(66,67)68)23-18-32(7)48(63)70-40(26-29(3)4)44(59)53-34(9)46(61)57(12)38(27-36-19-21-37(51)22-20-36)47(62)56(11)28-41(58)55-42/h14,18-22,29-30,33-35,38-40,42-43H,13,15-17,23-28H2,1-12H3,(H,52,65)(H,53,59)(H,54,60)(H,55,58)(H2,66,67,68)/b31-14+,32-18+/t30?,33-,34-,35+,38?,39-,40+,42-,43?/m0/s1. The first-order valence-corrected chi connectivity index (χ1v) is 26.5. The van der Waals surface area contributed by atoms with Crippen LogP contribution in [0.15, 0.2) is 47.6 Å². The predicted octanol–water partition coefficient (Wildman–Crippen LogP) is 4.90. The van der Waals surface area contributed by atoms with Crippen LogP contribution in [-0.4, -0.2) is 143 Å². The van der Waals surface area contributed by atoms with Gasteiger partial charge in [-0.15, -0.1) is 0 Å². The molecule has 410 valence electrons. The number of hydrogen-bond acceptors (Lipinski definition) is 13. The van der Waals surface area contributed by atoms with Gasteiger partial charge >= 0.3 is 25.9 Å². The van der Waals surface area contributed by atoms with Crippen LogP contribution in [0.5, 0.6) is 0 Å². The van der Waals surface area contributed by atoms with Crippen molar-refractivity contribution >= 4 is 67.0 Å². The molecule has 21 nitrogen and oxygen atoms in total. The summed E-state index contributed by atoms with van der Waals surface area (Å²) in [6.45, 7) is 16.0. The second-order valence-corrected chi connectivity index (χ2v) is 20.7. The largest absolute Gasteiger partial charge is 0.469 e. The van der Waals surface area contributed by atoms with Gasteiger partial charge in [-0.25, -0.2) is 18.9 Å². The maximum Gasteiger partial charge on any atom is 0.469 e. The molecule has 0 aromatic heterocycles. The molecule has 1 heterocycles. The molecule has 1 aliphatic heterocycles. The monoisotopic (exact) mass is 1070 g/mol. The van der Waals surface area contributed by atoms with E-state index in [2.05, 4.69) is 25.8 Å². The molecule has 6 N–H and O–H groups in total. The van der Waals surface area contributed by atoms with Crippen LogP contribution in [0.25, 0.3) is 0 Å². The molecule has 0 fully saturated rings. The van der Waals surface area contributed by atoms with Crippen molar-refractivity contribution in [1.82, 2.24) is 31.1 Å². The number of benzene rings is 1. The Labute approximate surface area is 434 Å². The van der Waals surface area contributed by atoms with Crippen LogP contribution in [0.1, 0.15) is 113 Å². The minimum atomic E-state index is -4.61. The van der Waals surface area contributed by atoms with Gasteiger partial charge in [0.25, 0.3) is 5.91 Å². The van der Waals surface area contributed by atoms with Crippen molar-refractivity contribution in [2.75, 3.05) is 33.8 Å². The van der Waals surface area contributed by atoms with Gasteiger partial charge < -0.3 is 55.1 Å². The van der Waals surface area contributed by atoms with Gasteiger partial charge in [0, 0.05) is 50.0 Å². The summed E-state index contributed by atoms with van der Waals surface area (Å²) in [5.41, 5.74) is 1.22. The quantitative estimate of drug-likeness (QED) is 0.0448. The molecule has 0 saturated carbocycles. The Bertz CT molecular complexity index is 2170. The molecule has 0 saturated heterocycles. The van der Waals surface area contributed by atoms with Crippen LogP contribution < -0.4 is 21.3 Å². The number of carbonyl (C=O) groups is 8. The number of esters is 2. The van der Waals surface area contributed by atoms with E-state index in [4.69, 9.17) is 35.6 Å². The van der Waals surface area contributed by atoms with Crippen LogP contribution in [0, 0.1) is 17.8 Å². The molecule has 9 atom stereocenters. The fraction of sp³-hybridized carbons (Fsp3) is 0.640. The number of nitrogens with zero attached hydrogens (tertiary/aromatic N) is 2. The summed E-state index contributed by atoms with van der Waals surface area (Å²) in [4.78, 5) is 131. The van der Waals surface area contributed by atoms with E-state index in [1.54, 1.807) is 58.0 Å². The molecular weight excluding hydrogens is 991 g/mol. The Morgan fingerprint density at radius 1 is 0.932 bits per heavy atom. The van der Waals surface area contributed by atoms with Gasteiger partial charge in [0.15, 0.2) is 6.10 Å². The zero-order valence-electron chi connectivity index (χ0n) is 44.2. The van der Waals surface area contributed by atoms with Crippen molar-refractivity contribution in [3.8, 4) is 0 Å². The number of hydrogen-bond donors (Lipinski definition) is 6. The SMILES string of the molecule is C/C=C(\C)C1OC(=O)[C@@H](C)NC(=O)[C@H](C(C)CC)NC(=O)CN(C)C(=O)C(Cc2ccc(Cl)cc2)N(C)C(=O)[C@H](C)NC(=O)[C@@H](CC(C)C)OC(=O)/C(C)=C/C[C@H](OC(=O)NCCCCCOP(=O)(O)O)[C@@H]1C. The molecule has 6 amide bonds. The number of phosphoric acid groups is 1. The van der Waals surface area contributed by atoms with Crippen LogP contribution in [0.3, 0.4) is 0 Å². The summed E-state index contributed by atoms with van der Waals surface area (Å²) in [5, 5.41) is 11.1. The summed E-state index contributed by atoms with van der Waals surface area (Å²) in [6, 6.07) is 1.77. The number of rotatable bonds is 15. The van der Waals surface area contributed by atoms with Gasteiger partial charge in [0.05, 0.1) is 13.2 Å². The lowest BCUT2D eigenvalue weighted by Crippen LogP contribution is -2.57. The molecule has 1 aromatic rings. The number of amides is 6. The molecule has 1 aromatic carbocycles. The number of cyclic esters (lactones) is 2. The molecular formula is C50H78ClN6O15P. The Balaban J connectivity index is 2.67. The number of nitrogens with one attached hydrogen (secondary N) is 4. The highest BCUT2D eigenvalue weighted by Crippen LogP contribution is 2.35. The molecule has 0 bridgehead atoms. The first-order chi connectivity index (χ1) is 34.1. The average molecular weight is 1070 g/mol. The highest BCUT2D eigenvalue weighted by molar-refractivity contribution is 7.46. The highest BCUT2D eigenvalue weighted by atomic mass is 35.5. The smallest absolute Gasteiger partial charge is 0.456 e. The summed E-state index contributed by atoms with van der Waals surface area (Å²) in [6.07, 6.45) is 0.351. The van der Waals surface area contributed by atoms with Crippen LogP contribution in [0.4, 0.5) is 4.79 Å². The molecule has 23 heteroatoms. The zero-order valence-corrected chi connectivity index (χ0v) is 45.9. The number of ether oxygens (including phenoxy) is 3. The third-order valence-electron chi connectivity index (χ3n) is 12.5. The van der Waals surface area contributed by atoms with Crippen molar-refractivity contribution in [2.45, 2.75) is 157 Å². The molecule has 0 spiro atoms. The number of phosphoric ester groups is 1.